The zero-order valence-corrected chi connectivity index (χ0v) is 12.2. The Bertz CT molecular complexity index is 616. The maximum atomic E-state index is 13.5. The van der Waals surface area contributed by atoms with Crippen LogP contribution in [0.5, 0.6) is 0 Å². The largest absolute Gasteiger partial charge is 0.323 e. The van der Waals surface area contributed by atoms with E-state index in [0.29, 0.717) is 5.69 Å². The van der Waals surface area contributed by atoms with Crippen molar-refractivity contribution in [3.8, 4) is 0 Å². The second-order valence-electron chi connectivity index (χ2n) is 3.91. The average Bonchev–Trinajstić information content (AvgIpc) is 2.43. The summed E-state index contributed by atoms with van der Waals surface area (Å²) < 4.78 is 13.5. The lowest BCUT2D eigenvalue weighted by atomic mass is 10.3. The minimum atomic E-state index is -0.578. The van der Waals surface area contributed by atoms with Gasteiger partial charge in [-0.3, -0.25) is 0 Å². The maximum Gasteiger partial charge on any atom is 0.323 e. The van der Waals surface area contributed by atoms with Gasteiger partial charge in [0.1, 0.15) is 5.82 Å². The van der Waals surface area contributed by atoms with Crippen molar-refractivity contribution >= 4 is 40.8 Å². The number of thioether (sulfide) groups is 1. The molecular formula is C14H12ClFN2OS. The Morgan fingerprint density at radius 2 is 1.95 bits per heavy atom. The number of para-hydroxylation sites is 1. The number of anilines is 2. The first-order chi connectivity index (χ1) is 9.60. The minimum absolute atomic E-state index is 0.0345. The molecule has 0 saturated carbocycles. The number of urea groups is 1. The highest BCUT2D eigenvalue weighted by Crippen LogP contribution is 2.25. The molecule has 6 heteroatoms. The predicted molar refractivity (Wildman–Crippen MR) is 82.3 cm³/mol. The molecule has 0 spiro atoms. The zero-order valence-electron chi connectivity index (χ0n) is 10.6. The summed E-state index contributed by atoms with van der Waals surface area (Å²) in [5.74, 6) is -0.578. The van der Waals surface area contributed by atoms with Crippen LogP contribution >= 0.6 is 23.4 Å². The average molecular weight is 311 g/mol. The summed E-state index contributed by atoms with van der Waals surface area (Å²) in [4.78, 5) is 12.9. The van der Waals surface area contributed by atoms with Crippen LogP contribution in [-0.2, 0) is 0 Å². The number of halogens is 2. The predicted octanol–water partition coefficient (Wildman–Crippen LogP) is 4.85. The third-order valence-electron chi connectivity index (χ3n) is 2.53. The molecule has 0 saturated heterocycles. The SMILES string of the molecule is CSc1cccc(NC(=O)Nc2c(F)cccc2Cl)c1. The van der Waals surface area contributed by atoms with Gasteiger partial charge in [0.25, 0.3) is 0 Å². The Morgan fingerprint density at radius 1 is 1.20 bits per heavy atom. The molecule has 0 atom stereocenters. The fourth-order valence-electron chi connectivity index (χ4n) is 1.59. The summed E-state index contributed by atoms with van der Waals surface area (Å²) in [5.41, 5.74) is 0.592. The van der Waals surface area contributed by atoms with Gasteiger partial charge in [-0.2, -0.15) is 0 Å². The number of amides is 2. The zero-order chi connectivity index (χ0) is 14.5. The lowest BCUT2D eigenvalue weighted by molar-refractivity contribution is 0.262. The lowest BCUT2D eigenvalue weighted by Crippen LogP contribution is -2.20. The Labute approximate surface area is 125 Å². The van der Waals surface area contributed by atoms with Gasteiger partial charge in [0.15, 0.2) is 0 Å². The monoisotopic (exact) mass is 310 g/mol. The molecule has 0 aliphatic heterocycles. The van der Waals surface area contributed by atoms with Crippen molar-refractivity contribution in [2.75, 3.05) is 16.9 Å². The van der Waals surface area contributed by atoms with E-state index in [2.05, 4.69) is 10.6 Å². The molecule has 104 valence electrons. The Balaban J connectivity index is 2.09. The summed E-state index contributed by atoms with van der Waals surface area (Å²) in [6.45, 7) is 0. The molecule has 2 amide bonds. The molecule has 2 aromatic carbocycles. The molecule has 0 aliphatic rings. The second-order valence-corrected chi connectivity index (χ2v) is 5.19. The van der Waals surface area contributed by atoms with Gasteiger partial charge in [-0.1, -0.05) is 23.7 Å². The molecule has 0 fully saturated rings. The van der Waals surface area contributed by atoms with Gasteiger partial charge in [0, 0.05) is 10.6 Å². The molecule has 3 nitrogen and oxygen atoms in total. The normalized spacial score (nSPS) is 10.2. The summed E-state index contributed by atoms with van der Waals surface area (Å²) in [5, 5.41) is 5.18. The number of carbonyl (C=O) groups is 1. The van der Waals surface area contributed by atoms with Crippen LogP contribution < -0.4 is 10.6 Å². The molecule has 0 aliphatic carbocycles. The molecule has 0 unspecified atom stereocenters. The first kappa shape index (κ1) is 14.7. The van der Waals surface area contributed by atoms with E-state index >= 15 is 0 Å². The first-order valence-electron chi connectivity index (χ1n) is 5.76. The van der Waals surface area contributed by atoms with Crippen molar-refractivity contribution in [1.82, 2.24) is 0 Å². The van der Waals surface area contributed by atoms with E-state index in [1.165, 1.54) is 18.2 Å². The highest BCUT2D eigenvalue weighted by atomic mass is 35.5. The second kappa shape index (κ2) is 6.63. The standard InChI is InChI=1S/C14H12ClFN2OS/c1-20-10-5-2-4-9(8-10)17-14(19)18-13-11(15)6-3-7-12(13)16/h2-8H,1H3,(H2,17,18,19). The lowest BCUT2D eigenvalue weighted by Gasteiger charge is -2.10. The van der Waals surface area contributed by atoms with E-state index < -0.39 is 11.8 Å². The van der Waals surface area contributed by atoms with E-state index in [1.54, 1.807) is 17.8 Å². The molecule has 2 N–H and O–H groups in total. The fourth-order valence-corrected chi connectivity index (χ4v) is 2.26. The number of hydrogen-bond acceptors (Lipinski definition) is 2. The van der Waals surface area contributed by atoms with Crippen LogP contribution in [0.3, 0.4) is 0 Å². The van der Waals surface area contributed by atoms with E-state index in [0.717, 1.165) is 4.90 Å². The van der Waals surface area contributed by atoms with Gasteiger partial charge >= 0.3 is 6.03 Å². The molecule has 0 bridgehead atoms. The molecule has 0 aromatic heterocycles. The van der Waals surface area contributed by atoms with Crippen LogP contribution in [0.4, 0.5) is 20.6 Å². The number of rotatable bonds is 3. The van der Waals surface area contributed by atoms with Crippen molar-refractivity contribution in [2.24, 2.45) is 0 Å². The van der Waals surface area contributed by atoms with Crippen molar-refractivity contribution in [2.45, 2.75) is 4.90 Å². The number of benzene rings is 2. The Hall–Kier alpha value is -1.72. The van der Waals surface area contributed by atoms with Crippen molar-refractivity contribution in [3.63, 3.8) is 0 Å². The van der Waals surface area contributed by atoms with Crippen LogP contribution in [-0.4, -0.2) is 12.3 Å². The third kappa shape index (κ3) is 3.65. The van der Waals surface area contributed by atoms with Crippen LogP contribution in [0.2, 0.25) is 5.02 Å². The van der Waals surface area contributed by atoms with Crippen LogP contribution in [0.15, 0.2) is 47.4 Å². The van der Waals surface area contributed by atoms with Gasteiger partial charge in [0.2, 0.25) is 0 Å². The van der Waals surface area contributed by atoms with E-state index in [1.807, 2.05) is 24.5 Å². The van der Waals surface area contributed by atoms with Crippen LogP contribution in [0, 0.1) is 5.82 Å². The fraction of sp³-hybridized carbons (Fsp3) is 0.0714. The summed E-state index contributed by atoms with van der Waals surface area (Å²) in [6.07, 6.45) is 1.94. The molecule has 0 heterocycles. The first-order valence-corrected chi connectivity index (χ1v) is 7.36. The number of nitrogens with one attached hydrogen (secondary N) is 2. The van der Waals surface area contributed by atoms with Gasteiger partial charge in [-0.15, -0.1) is 11.8 Å². The molecular weight excluding hydrogens is 299 g/mol. The smallest absolute Gasteiger partial charge is 0.308 e. The van der Waals surface area contributed by atoms with Gasteiger partial charge < -0.3 is 10.6 Å². The highest BCUT2D eigenvalue weighted by molar-refractivity contribution is 7.98. The Kier molecular flexibility index (Phi) is 4.87. The summed E-state index contributed by atoms with van der Waals surface area (Å²) >= 11 is 7.40. The highest BCUT2D eigenvalue weighted by Gasteiger charge is 2.10. The topological polar surface area (TPSA) is 41.1 Å². The van der Waals surface area contributed by atoms with Crippen LogP contribution in [0.1, 0.15) is 0 Å². The minimum Gasteiger partial charge on any atom is -0.308 e. The third-order valence-corrected chi connectivity index (χ3v) is 3.57. The molecule has 2 rings (SSSR count). The molecule has 2 aromatic rings. The van der Waals surface area contributed by atoms with E-state index in [9.17, 15) is 9.18 Å². The van der Waals surface area contributed by atoms with E-state index in [-0.39, 0.29) is 10.7 Å². The van der Waals surface area contributed by atoms with Gasteiger partial charge in [-0.05, 0) is 36.6 Å². The molecule has 0 radical (unpaired) electrons. The number of carbonyl (C=O) groups excluding carboxylic acids is 1. The molecule has 20 heavy (non-hydrogen) atoms. The van der Waals surface area contributed by atoms with Crippen molar-refractivity contribution in [1.29, 1.82) is 0 Å². The van der Waals surface area contributed by atoms with Crippen molar-refractivity contribution < 1.29 is 9.18 Å². The van der Waals surface area contributed by atoms with Gasteiger partial charge in [0.05, 0.1) is 10.7 Å². The van der Waals surface area contributed by atoms with Gasteiger partial charge in [-0.25, -0.2) is 9.18 Å². The Morgan fingerprint density at radius 3 is 2.65 bits per heavy atom. The maximum absolute atomic E-state index is 13.5. The summed E-state index contributed by atoms with van der Waals surface area (Å²) in [6, 6.07) is 11.0. The quantitative estimate of drug-likeness (QED) is 0.796. The summed E-state index contributed by atoms with van der Waals surface area (Å²) in [7, 11) is 0. The van der Waals surface area contributed by atoms with Crippen LogP contribution in [0.25, 0.3) is 0 Å². The van der Waals surface area contributed by atoms with E-state index in [4.69, 9.17) is 11.6 Å². The number of hydrogen-bond donors (Lipinski definition) is 2. The van der Waals surface area contributed by atoms with Crippen molar-refractivity contribution in [3.05, 3.63) is 53.3 Å².